The van der Waals surface area contributed by atoms with E-state index in [0.29, 0.717) is 24.4 Å². The van der Waals surface area contributed by atoms with Gasteiger partial charge >= 0.3 is 0 Å². The Morgan fingerprint density at radius 2 is 1.93 bits per heavy atom. The third-order valence-electron chi connectivity index (χ3n) is 4.66. The molecule has 0 saturated carbocycles. The van der Waals surface area contributed by atoms with Gasteiger partial charge in [-0.2, -0.15) is 0 Å². The number of nitrogens with zero attached hydrogens (tertiary/aromatic N) is 2. The molecule has 0 N–H and O–H groups in total. The summed E-state index contributed by atoms with van der Waals surface area (Å²) in [5.74, 6) is 0.379. The molecule has 3 rings (SSSR count). The van der Waals surface area contributed by atoms with Crippen LogP contribution in [0.5, 0.6) is 5.75 Å². The predicted molar refractivity (Wildman–Crippen MR) is 108 cm³/mol. The number of hydrogen-bond donors (Lipinski definition) is 0. The van der Waals surface area contributed by atoms with E-state index in [1.807, 2.05) is 4.90 Å². The van der Waals surface area contributed by atoms with E-state index >= 15 is 0 Å². The molecule has 5 nitrogen and oxygen atoms in total. The maximum absolute atomic E-state index is 12.4. The van der Waals surface area contributed by atoms with Gasteiger partial charge in [0, 0.05) is 37.2 Å². The van der Waals surface area contributed by atoms with Crippen LogP contribution >= 0.6 is 15.9 Å². The molecule has 0 spiro atoms. The molecule has 0 unspecified atom stereocenters. The van der Waals surface area contributed by atoms with Crippen molar-refractivity contribution >= 4 is 28.1 Å². The Hall–Kier alpha value is -2.18. The van der Waals surface area contributed by atoms with Crippen LogP contribution in [-0.4, -0.2) is 54.8 Å². The first-order valence-corrected chi connectivity index (χ1v) is 9.77. The van der Waals surface area contributed by atoms with Crippen molar-refractivity contribution in [2.75, 3.05) is 32.8 Å². The molecule has 6 heteroatoms. The number of carbonyl (C=O) groups excluding carboxylic acids is 2. The molecular formula is C21H23BrN2O3. The first kappa shape index (κ1) is 19.6. The minimum absolute atomic E-state index is 0.0510. The van der Waals surface area contributed by atoms with E-state index in [-0.39, 0.29) is 12.5 Å². The zero-order chi connectivity index (χ0) is 19.2. The van der Waals surface area contributed by atoms with E-state index in [1.54, 1.807) is 18.2 Å². The van der Waals surface area contributed by atoms with Crippen molar-refractivity contribution in [1.82, 2.24) is 9.80 Å². The van der Waals surface area contributed by atoms with Gasteiger partial charge < -0.3 is 9.64 Å². The summed E-state index contributed by atoms with van der Waals surface area (Å²) in [5.41, 5.74) is 3.00. The van der Waals surface area contributed by atoms with E-state index in [0.717, 1.165) is 30.4 Å². The number of halogens is 1. The number of amides is 1. The lowest BCUT2D eigenvalue weighted by atomic mass is 10.1. The van der Waals surface area contributed by atoms with Gasteiger partial charge in [-0.25, -0.2) is 0 Å². The normalized spacial score (nSPS) is 14.8. The number of ether oxygens (including phenoxy) is 1. The highest BCUT2D eigenvalue weighted by molar-refractivity contribution is 9.10. The van der Waals surface area contributed by atoms with Gasteiger partial charge in [0.2, 0.25) is 0 Å². The topological polar surface area (TPSA) is 49.9 Å². The lowest BCUT2D eigenvalue weighted by Crippen LogP contribution is -2.49. The number of carbonyl (C=O) groups is 2. The summed E-state index contributed by atoms with van der Waals surface area (Å²) in [6.45, 7) is 6.02. The van der Waals surface area contributed by atoms with Crippen molar-refractivity contribution < 1.29 is 14.3 Å². The zero-order valence-electron chi connectivity index (χ0n) is 15.4. The van der Waals surface area contributed by atoms with Gasteiger partial charge in [0.25, 0.3) is 5.91 Å². The monoisotopic (exact) mass is 430 g/mol. The Kier molecular flexibility index (Phi) is 6.63. The molecule has 1 aliphatic heterocycles. The highest BCUT2D eigenvalue weighted by Gasteiger charge is 2.21. The minimum atomic E-state index is -0.0552. The van der Waals surface area contributed by atoms with Crippen molar-refractivity contribution in [3.63, 3.8) is 0 Å². The summed E-state index contributed by atoms with van der Waals surface area (Å²) in [6.07, 6.45) is 0.731. The van der Waals surface area contributed by atoms with E-state index in [4.69, 9.17) is 4.74 Å². The second-order valence-electron chi connectivity index (χ2n) is 6.73. The number of hydrogen-bond acceptors (Lipinski definition) is 4. The Bertz CT molecular complexity index is 817. The molecule has 27 heavy (non-hydrogen) atoms. The Morgan fingerprint density at radius 1 is 1.15 bits per heavy atom. The van der Waals surface area contributed by atoms with Crippen LogP contribution in [0.4, 0.5) is 0 Å². The summed E-state index contributed by atoms with van der Waals surface area (Å²) in [7, 11) is 0. The lowest BCUT2D eigenvalue weighted by Gasteiger charge is -2.34. The smallest absolute Gasteiger partial charge is 0.260 e. The summed E-state index contributed by atoms with van der Waals surface area (Å²) in [4.78, 5) is 27.7. The van der Waals surface area contributed by atoms with Crippen molar-refractivity contribution in [3.8, 4) is 5.75 Å². The first-order chi connectivity index (χ1) is 13.0. The van der Waals surface area contributed by atoms with Crippen LogP contribution in [-0.2, 0) is 11.3 Å². The molecule has 1 saturated heterocycles. The van der Waals surface area contributed by atoms with Crippen LogP contribution in [0.3, 0.4) is 0 Å². The van der Waals surface area contributed by atoms with Gasteiger partial charge in [-0.3, -0.25) is 14.5 Å². The van der Waals surface area contributed by atoms with E-state index < -0.39 is 0 Å². The fourth-order valence-electron chi connectivity index (χ4n) is 3.20. The van der Waals surface area contributed by atoms with Crippen LogP contribution in [0.15, 0.2) is 46.9 Å². The fraction of sp³-hybridized carbons (Fsp3) is 0.333. The standard InChI is InChI=1S/C21H23BrN2O3/c1-16-3-2-4-17(11-16)13-23-7-9-24(10-8-23)21(26)15-27-20-6-5-19(22)12-18(20)14-25/h2-6,11-12,14H,7-10,13,15H2,1H3. The minimum Gasteiger partial charge on any atom is -0.483 e. The molecule has 1 fully saturated rings. The molecule has 142 valence electrons. The number of piperazine rings is 1. The fourth-order valence-corrected chi connectivity index (χ4v) is 3.58. The summed E-state index contributed by atoms with van der Waals surface area (Å²) >= 11 is 3.32. The van der Waals surface area contributed by atoms with E-state index in [9.17, 15) is 9.59 Å². The van der Waals surface area contributed by atoms with Gasteiger partial charge in [-0.05, 0) is 30.7 Å². The van der Waals surface area contributed by atoms with Crippen molar-refractivity contribution in [2.45, 2.75) is 13.5 Å². The maximum atomic E-state index is 12.4. The number of aryl methyl sites for hydroxylation is 1. The third kappa shape index (κ3) is 5.40. The molecule has 1 amide bonds. The van der Waals surface area contributed by atoms with Gasteiger partial charge in [0.05, 0.1) is 5.56 Å². The van der Waals surface area contributed by atoms with Gasteiger partial charge in [0.1, 0.15) is 5.75 Å². The molecule has 0 atom stereocenters. The number of benzene rings is 2. The third-order valence-corrected chi connectivity index (χ3v) is 5.16. The van der Waals surface area contributed by atoms with Crippen LogP contribution in [0, 0.1) is 6.92 Å². The molecule has 0 bridgehead atoms. The van der Waals surface area contributed by atoms with Crippen LogP contribution in [0.25, 0.3) is 0 Å². The highest BCUT2D eigenvalue weighted by Crippen LogP contribution is 2.21. The number of aldehydes is 1. The van der Waals surface area contributed by atoms with Crippen LogP contribution in [0.1, 0.15) is 21.5 Å². The van der Waals surface area contributed by atoms with Crippen LogP contribution in [0.2, 0.25) is 0 Å². The van der Waals surface area contributed by atoms with Gasteiger partial charge in [-0.1, -0.05) is 45.8 Å². The Morgan fingerprint density at radius 3 is 2.63 bits per heavy atom. The van der Waals surface area contributed by atoms with Crippen molar-refractivity contribution in [3.05, 3.63) is 63.6 Å². The van der Waals surface area contributed by atoms with E-state index in [1.165, 1.54) is 11.1 Å². The Labute approximate surface area is 168 Å². The molecular weight excluding hydrogens is 408 g/mol. The second kappa shape index (κ2) is 9.15. The zero-order valence-corrected chi connectivity index (χ0v) is 16.9. The SMILES string of the molecule is Cc1cccc(CN2CCN(C(=O)COc3ccc(Br)cc3C=O)CC2)c1. The molecule has 2 aromatic rings. The molecule has 2 aromatic carbocycles. The average molecular weight is 431 g/mol. The summed E-state index contributed by atoms with van der Waals surface area (Å²) in [6, 6.07) is 13.7. The van der Waals surface area contributed by atoms with Gasteiger partial charge in [-0.15, -0.1) is 0 Å². The van der Waals surface area contributed by atoms with Crippen molar-refractivity contribution in [2.24, 2.45) is 0 Å². The van der Waals surface area contributed by atoms with Crippen LogP contribution < -0.4 is 4.74 Å². The predicted octanol–water partition coefficient (Wildman–Crippen LogP) is 3.29. The molecule has 1 heterocycles. The largest absolute Gasteiger partial charge is 0.483 e. The molecule has 0 aliphatic carbocycles. The van der Waals surface area contributed by atoms with E-state index in [2.05, 4.69) is 52.0 Å². The first-order valence-electron chi connectivity index (χ1n) is 8.98. The second-order valence-corrected chi connectivity index (χ2v) is 7.65. The Balaban J connectivity index is 1.48. The lowest BCUT2D eigenvalue weighted by molar-refractivity contribution is -0.135. The number of rotatable bonds is 6. The maximum Gasteiger partial charge on any atom is 0.260 e. The molecule has 0 aromatic heterocycles. The summed E-state index contributed by atoms with van der Waals surface area (Å²) in [5, 5.41) is 0. The van der Waals surface area contributed by atoms with Gasteiger partial charge in [0.15, 0.2) is 12.9 Å². The molecule has 0 radical (unpaired) electrons. The van der Waals surface area contributed by atoms with Crippen molar-refractivity contribution in [1.29, 1.82) is 0 Å². The average Bonchev–Trinajstić information content (AvgIpc) is 2.67. The summed E-state index contributed by atoms with van der Waals surface area (Å²) < 4.78 is 6.38. The quantitative estimate of drug-likeness (QED) is 0.659. The molecule has 1 aliphatic rings. The highest BCUT2D eigenvalue weighted by atomic mass is 79.9.